The summed E-state index contributed by atoms with van der Waals surface area (Å²) in [5.41, 5.74) is -0.490. The van der Waals surface area contributed by atoms with Gasteiger partial charge in [-0.15, -0.1) is 0 Å². The van der Waals surface area contributed by atoms with E-state index in [1.165, 1.54) is 29.1 Å². The van der Waals surface area contributed by atoms with Gasteiger partial charge in [-0.05, 0) is 24.1 Å². The van der Waals surface area contributed by atoms with E-state index in [0.29, 0.717) is 5.69 Å². The highest BCUT2D eigenvalue weighted by Gasteiger charge is 2.30. The lowest BCUT2D eigenvalue weighted by Crippen LogP contribution is -2.34. The fraction of sp³-hybridized carbons (Fsp3) is 0.389. The van der Waals surface area contributed by atoms with Crippen molar-refractivity contribution >= 4 is 5.91 Å². The molecule has 0 aliphatic heterocycles. The van der Waals surface area contributed by atoms with Crippen molar-refractivity contribution in [3.8, 4) is 5.75 Å². The lowest BCUT2D eigenvalue weighted by atomic mass is 10.1. The minimum absolute atomic E-state index is 0.00745. The zero-order valence-electron chi connectivity index (χ0n) is 14.9. The molecule has 27 heavy (non-hydrogen) atoms. The molecule has 0 radical (unpaired) electrons. The first-order valence-corrected chi connectivity index (χ1v) is 8.30. The minimum Gasteiger partial charge on any atom is -0.492 e. The molecule has 1 heterocycles. The summed E-state index contributed by atoms with van der Waals surface area (Å²) in [5, 5.41) is 2.54. The number of benzene rings is 1. The minimum atomic E-state index is -4.44. The van der Waals surface area contributed by atoms with Crippen LogP contribution in [0.2, 0.25) is 0 Å². The van der Waals surface area contributed by atoms with Crippen molar-refractivity contribution in [2.45, 2.75) is 32.5 Å². The summed E-state index contributed by atoms with van der Waals surface area (Å²) in [4.78, 5) is 27.9. The third-order valence-electron chi connectivity index (χ3n) is 3.66. The summed E-state index contributed by atoms with van der Waals surface area (Å²) in [6, 6.07) is 5.87. The summed E-state index contributed by atoms with van der Waals surface area (Å²) in [7, 11) is 0. The van der Waals surface area contributed by atoms with Crippen LogP contribution in [0.15, 0.2) is 41.5 Å². The Morgan fingerprint density at radius 1 is 1.30 bits per heavy atom. The second-order valence-electron chi connectivity index (χ2n) is 6.16. The fourth-order valence-corrected chi connectivity index (χ4v) is 2.21. The van der Waals surface area contributed by atoms with Crippen LogP contribution < -0.4 is 15.6 Å². The smallest absolute Gasteiger partial charge is 0.416 e. The number of aromatic nitrogens is 2. The number of nitrogens with zero attached hydrogens (tertiary/aromatic N) is 2. The van der Waals surface area contributed by atoms with Crippen LogP contribution in [-0.2, 0) is 17.5 Å². The van der Waals surface area contributed by atoms with E-state index in [4.69, 9.17) is 4.74 Å². The summed E-state index contributed by atoms with van der Waals surface area (Å²) in [6.07, 6.45) is -3.13. The van der Waals surface area contributed by atoms with Gasteiger partial charge in [0.15, 0.2) is 0 Å². The summed E-state index contributed by atoms with van der Waals surface area (Å²) in [5.74, 6) is -0.262. The van der Waals surface area contributed by atoms with Gasteiger partial charge < -0.3 is 10.1 Å². The molecule has 0 fully saturated rings. The van der Waals surface area contributed by atoms with Crippen LogP contribution in [-0.4, -0.2) is 28.6 Å². The third kappa shape index (κ3) is 6.12. The predicted octanol–water partition coefficient (Wildman–Crippen LogP) is 2.58. The monoisotopic (exact) mass is 383 g/mol. The standard InChI is InChI=1S/C18H20F3N3O3/c1-12(2)15-9-17(26)24(11-23-15)10-16(25)22-6-7-27-14-5-3-4-13(8-14)18(19,20)21/h3-5,8-9,11-12H,6-7,10H2,1-2H3,(H,22,25). The summed E-state index contributed by atoms with van der Waals surface area (Å²) in [6.45, 7) is 3.69. The molecule has 0 aliphatic rings. The highest BCUT2D eigenvalue weighted by molar-refractivity contribution is 5.75. The lowest BCUT2D eigenvalue weighted by molar-refractivity contribution is -0.137. The first kappa shape index (κ1) is 20.5. The molecule has 6 nitrogen and oxygen atoms in total. The van der Waals surface area contributed by atoms with Crippen molar-refractivity contribution in [2.24, 2.45) is 0 Å². The first-order valence-electron chi connectivity index (χ1n) is 8.30. The largest absolute Gasteiger partial charge is 0.492 e. The van der Waals surface area contributed by atoms with Crippen molar-refractivity contribution in [1.82, 2.24) is 14.9 Å². The summed E-state index contributed by atoms with van der Waals surface area (Å²) < 4.78 is 44.3. The fourth-order valence-electron chi connectivity index (χ4n) is 2.21. The second-order valence-corrected chi connectivity index (χ2v) is 6.16. The Hall–Kier alpha value is -2.84. The number of hydrogen-bond acceptors (Lipinski definition) is 4. The number of halogens is 3. The molecule has 0 atom stereocenters. The van der Waals surface area contributed by atoms with Crippen LogP contribution >= 0.6 is 0 Å². The molecule has 9 heteroatoms. The normalized spacial score (nSPS) is 11.5. The lowest BCUT2D eigenvalue weighted by Gasteiger charge is -2.11. The number of hydrogen-bond donors (Lipinski definition) is 1. The second kappa shape index (κ2) is 8.70. The summed E-state index contributed by atoms with van der Waals surface area (Å²) >= 11 is 0. The molecule has 2 rings (SSSR count). The van der Waals surface area contributed by atoms with E-state index in [2.05, 4.69) is 10.3 Å². The molecule has 0 aliphatic carbocycles. The van der Waals surface area contributed by atoms with Crippen molar-refractivity contribution in [1.29, 1.82) is 0 Å². The van der Waals surface area contributed by atoms with Gasteiger partial charge in [-0.25, -0.2) is 4.98 Å². The molecule has 146 valence electrons. The number of ether oxygens (including phenoxy) is 1. The van der Waals surface area contributed by atoms with E-state index in [0.717, 1.165) is 12.1 Å². The van der Waals surface area contributed by atoms with Crippen LogP contribution in [0.5, 0.6) is 5.75 Å². The highest BCUT2D eigenvalue weighted by Crippen LogP contribution is 2.31. The molecule has 0 spiro atoms. The Kier molecular flexibility index (Phi) is 6.59. The van der Waals surface area contributed by atoms with Gasteiger partial charge in [0.05, 0.1) is 24.1 Å². The topological polar surface area (TPSA) is 73.2 Å². The highest BCUT2D eigenvalue weighted by atomic mass is 19.4. The van der Waals surface area contributed by atoms with Crippen molar-refractivity contribution in [2.75, 3.05) is 13.2 Å². The third-order valence-corrected chi connectivity index (χ3v) is 3.66. The Balaban J connectivity index is 1.81. The maximum absolute atomic E-state index is 12.6. The number of carbonyl (C=O) groups is 1. The van der Waals surface area contributed by atoms with E-state index in [1.54, 1.807) is 0 Å². The van der Waals surface area contributed by atoms with Crippen molar-refractivity contribution < 1.29 is 22.7 Å². The van der Waals surface area contributed by atoms with Crippen LogP contribution in [0.4, 0.5) is 13.2 Å². The Bertz CT molecular complexity index is 847. The molecule has 0 bridgehead atoms. The van der Waals surface area contributed by atoms with Gasteiger partial charge in [-0.3, -0.25) is 14.2 Å². The average Bonchev–Trinajstić information content (AvgIpc) is 2.60. The van der Waals surface area contributed by atoms with Gasteiger partial charge in [0, 0.05) is 6.07 Å². The van der Waals surface area contributed by atoms with Gasteiger partial charge >= 0.3 is 6.18 Å². The Labute approximate surface area is 154 Å². The molecule has 0 saturated heterocycles. The average molecular weight is 383 g/mol. The quantitative estimate of drug-likeness (QED) is 0.746. The molecule has 0 unspecified atom stereocenters. The molecule has 1 aromatic heterocycles. The van der Waals surface area contributed by atoms with E-state index in [9.17, 15) is 22.8 Å². The van der Waals surface area contributed by atoms with Crippen molar-refractivity contribution in [3.63, 3.8) is 0 Å². The number of carbonyl (C=O) groups excluding carboxylic acids is 1. The SMILES string of the molecule is CC(C)c1cc(=O)n(CC(=O)NCCOc2cccc(C(F)(F)F)c2)cn1. The van der Waals surface area contributed by atoms with Crippen LogP contribution in [0.3, 0.4) is 0 Å². The zero-order valence-corrected chi connectivity index (χ0v) is 14.9. The molecule has 1 aromatic carbocycles. The van der Waals surface area contributed by atoms with Crippen molar-refractivity contribution in [3.05, 3.63) is 58.3 Å². The number of alkyl halides is 3. The molecule has 1 amide bonds. The molecular weight excluding hydrogens is 363 g/mol. The predicted molar refractivity (Wildman–Crippen MR) is 92.5 cm³/mol. The van der Waals surface area contributed by atoms with Crippen LogP contribution in [0, 0.1) is 0 Å². The zero-order chi connectivity index (χ0) is 20.0. The van der Waals surface area contributed by atoms with Gasteiger partial charge in [0.2, 0.25) is 5.91 Å². The number of amides is 1. The van der Waals surface area contributed by atoms with Gasteiger partial charge in [0.1, 0.15) is 18.9 Å². The molecule has 2 aromatic rings. The number of rotatable bonds is 7. The Morgan fingerprint density at radius 2 is 2.04 bits per heavy atom. The molecule has 0 saturated carbocycles. The van der Waals surface area contributed by atoms with E-state index < -0.39 is 17.6 Å². The molecular formula is C18H20F3N3O3. The van der Waals surface area contributed by atoms with Crippen LogP contribution in [0.1, 0.15) is 31.0 Å². The first-order chi connectivity index (χ1) is 12.7. The van der Waals surface area contributed by atoms with E-state index in [1.807, 2.05) is 13.8 Å². The molecule has 1 N–H and O–H groups in total. The maximum Gasteiger partial charge on any atom is 0.416 e. The van der Waals surface area contributed by atoms with E-state index >= 15 is 0 Å². The van der Waals surface area contributed by atoms with E-state index in [-0.39, 0.29) is 36.9 Å². The van der Waals surface area contributed by atoms with Gasteiger partial charge in [0.25, 0.3) is 5.56 Å². The van der Waals surface area contributed by atoms with Crippen LogP contribution in [0.25, 0.3) is 0 Å². The Morgan fingerprint density at radius 3 is 2.67 bits per heavy atom. The number of nitrogens with one attached hydrogen (secondary N) is 1. The van der Waals surface area contributed by atoms with Gasteiger partial charge in [-0.2, -0.15) is 13.2 Å². The maximum atomic E-state index is 12.6. The van der Waals surface area contributed by atoms with Gasteiger partial charge in [-0.1, -0.05) is 19.9 Å².